The van der Waals surface area contributed by atoms with Gasteiger partial charge in [-0.3, -0.25) is 4.79 Å². The Hall–Kier alpha value is -0.540. The maximum absolute atomic E-state index is 10.9. The first kappa shape index (κ1) is 15.0. The predicted octanol–water partition coefficient (Wildman–Crippen LogP) is 1.10. The summed E-state index contributed by atoms with van der Waals surface area (Å²) in [7, 11) is 3.93. The predicted molar refractivity (Wildman–Crippen MR) is 58.2 cm³/mol. The summed E-state index contributed by atoms with van der Waals surface area (Å²) in [6, 6.07) is 0. The molecule has 78 valence electrons. The number of nitrogens with one attached hydrogen (secondary N) is 1. The van der Waals surface area contributed by atoms with E-state index in [4.69, 9.17) is 0 Å². The summed E-state index contributed by atoms with van der Waals surface area (Å²) >= 11 is 4.64. The van der Waals surface area contributed by atoms with E-state index in [9.17, 15) is 4.79 Å². The average molecular weight is 207 g/mol. The molecule has 0 aliphatic heterocycles. The van der Waals surface area contributed by atoms with Crippen LogP contribution < -0.4 is 5.32 Å². The molecule has 0 aromatic carbocycles. The zero-order chi connectivity index (χ0) is 10.9. The Bertz CT molecular complexity index is 158. The molecule has 0 fully saturated rings. The van der Waals surface area contributed by atoms with Crippen LogP contribution in [0.25, 0.3) is 0 Å². The quantitative estimate of drug-likeness (QED) is 0.552. The highest BCUT2D eigenvalue weighted by atomic mass is 35.5. The van der Waals surface area contributed by atoms with E-state index in [-0.39, 0.29) is 5.91 Å². The topological polar surface area (TPSA) is 32.3 Å². The third-order valence-corrected chi connectivity index (χ3v) is 1.23. The third kappa shape index (κ3) is 11.5. The number of hydrogen-bond acceptors (Lipinski definition) is 2. The molecule has 0 aliphatic rings. The van der Waals surface area contributed by atoms with Gasteiger partial charge in [0, 0.05) is 25.0 Å². The second kappa shape index (κ2) is 9.55. The number of alkyl halides is 1. The minimum absolute atomic E-state index is 0.0631. The van der Waals surface area contributed by atoms with Gasteiger partial charge in [-0.05, 0) is 21.0 Å². The molecule has 0 heterocycles. The van der Waals surface area contributed by atoms with Crippen molar-refractivity contribution in [2.75, 3.05) is 33.6 Å². The zero-order valence-corrected chi connectivity index (χ0v) is 9.61. The number of halogens is 1. The summed E-state index contributed by atoms with van der Waals surface area (Å²) in [4.78, 5) is 12.9. The van der Waals surface area contributed by atoms with E-state index in [0.29, 0.717) is 12.1 Å². The lowest BCUT2D eigenvalue weighted by atomic mass is 10.3. The van der Waals surface area contributed by atoms with Crippen molar-refractivity contribution in [3.63, 3.8) is 0 Å². The van der Waals surface area contributed by atoms with Crippen LogP contribution in [0.3, 0.4) is 0 Å². The number of rotatable bonds is 4. The van der Waals surface area contributed by atoms with Crippen LogP contribution in [0.2, 0.25) is 0 Å². The number of carbonyl (C=O) groups excluding carboxylic acids is 1. The van der Waals surface area contributed by atoms with Crippen LogP contribution in [-0.2, 0) is 4.79 Å². The maximum atomic E-state index is 10.9. The van der Waals surface area contributed by atoms with Crippen molar-refractivity contribution in [3.8, 4) is 0 Å². The normalized spacial score (nSPS) is 8.77. The van der Waals surface area contributed by atoms with Gasteiger partial charge in [-0.15, -0.1) is 11.6 Å². The molecule has 0 bridgehead atoms. The smallest absolute Gasteiger partial charge is 0.246 e. The molecule has 0 radical (unpaired) electrons. The lowest BCUT2D eigenvalue weighted by Crippen LogP contribution is -2.31. The van der Waals surface area contributed by atoms with Crippen molar-refractivity contribution in [3.05, 3.63) is 12.2 Å². The molecule has 0 aliphatic carbocycles. The van der Waals surface area contributed by atoms with E-state index in [2.05, 4.69) is 23.5 Å². The number of carbonyl (C=O) groups is 1. The highest BCUT2D eigenvalue weighted by molar-refractivity contribution is 6.15. The number of amides is 1. The summed E-state index contributed by atoms with van der Waals surface area (Å²) in [6.07, 6.45) is 1.47. The Morgan fingerprint density at radius 1 is 1.46 bits per heavy atom. The van der Waals surface area contributed by atoms with E-state index in [1.54, 1.807) is 6.92 Å². The highest BCUT2D eigenvalue weighted by Crippen LogP contribution is 1.84. The van der Waals surface area contributed by atoms with Gasteiger partial charge in [0.1, 0.15) is 0 Å². The van der Waals surface area contributed by atoms with Crippen molar-refractivity contribution in [2.24, 2.45) is 0 Å². The van der Waals surface area contributed by atoms with Gasteiger partial charge >= 0.3 is 0 Å². The number of likely N-dealkylation sites (N-methyl/N-ethyl adjacent to an activating group) is 1. The SMILES string of the molecule is C=C(C)C(=O)NCCN(C)C.CCl. The van der Waals surface area contributed by atoms with Gasteiger partial charge in [-0.2, -0.15) is 0 Å². The first-order valence-electron chi connectivity index (χ1n) is 4.00. The lowest BCUT2D eigenvalue weighted by Gasteiger charge is -2.09. The van der Waals surface area contributed by atoms with Crippen LogP contribution in [0.4, 0.5) is 0 Å². The molecule has 13 heavy (non-hydrogen) atoms. The second-order valence-corrected chi connectivity index (χ2v) is 2.84. The van der Waals surface area contributed by atoms with Crippen molar-refractivity contribution in [2.45, 2.75) is 6.92 Å². The Balaban J connectivity index is 0. The van der Waals surface area contributed by atoms with E-state index in [1.165, 1.54) is 6.38 Å². The third-order valence-electron chi connectivity index (χ3n) is 1.23. The average Bonchev–Trinajstić information content (AvgIpc) is 2.07. The Morgan fingerprint density at radius 2 is 1.92 bits per heavy atom. The Kier molecular flexibility index (Phi) is 11.0. The van der Waals surface area contributed by atoms with Crippen molar-refractivity contribution in [1.82, 2.24) is 10.2 Å². The van der Waals surface area contributed by atoms with Crippen LogP contribution in [0.1, 0.15) is 6.92 Å². The van der Waals surface area contributed by atoms with Gasteiger partial charge < -0.3 is 10.2 Å². The molecule has 0 aromatic heterocycles. The van der Waals surface area contributed by atoms with Crippen molar-refractivity contribution >= 4 is 17.5 Å². The van der Waals surface area contributed by atoms with Crippen LogP contribution >= 0.6 is 11.6 Å². The summed E-state index contributed by atoms with van der Waals surface area (Å²) < 4.78 is 0. The van der Waals surface area contributed by atoms with Gasteiger partial charge in [0.25, 0.3) is 0 Å². The molecule has 0 aromatic rings. The molecule has 0 saturated heterocycles. The Morgan fingerprint density at radius 3 is 2.23 bits per heavy atom. The first-order valence-corrected chi connectivity index (χ1v) is 4.76. The highest BCUT2D eigenvalue weighted by Gasteiger charge is 1.99. The van der Waals surface area contributed by atoms with Crippen LogP contribution in [-0.4, -0.2) is 44.4 Å². The van der Waals surface area contributed by atoms with Gasteiger partial charge in [-0.1, -0.05) is 6.58 Å². The standard InChI is InChI=1S/C8H16N2O.CH3Cl/c1-7(2)8(11)9-5-6-10(3)4;1-2/h1,5-6H2,2-4H3,(H,9,11);1H3. The Labute approximate surface area is 85.7 Å². The molecular weight excluding hydrogens is 188 g/mol. The monoisotopic (exact) mass is 206 g/mol. The summed E-state index contributed by atoms with van der Waals surface area (Å²) in [5, 5.41) is 2.73. The second-order valence-electron chi connectivity index (χ2n) is 2.84. The lowest BCUT2D eigenvalue weighted by molar-refractivity contribution is -0.117. The molecule has 1 amide bonds. The van der Waals surface area contributed by atoms with Crippen molar-refractivity contribution < 1.29 is 4.79 Å². The number of nitrogens with zero attached hydrogens (tertiary/aromatic N) is 1. The van der Waals surface area contributed by atoms with E-state index < -0.39 is 0 Å². The largest absolute Gasteiger partial charge is 0.351 e. The molecule has 0 saturated carbocycles. The van der Waals surface area contributed by atoms with E-state index in [1.807, 2.05) is 19.0 Å². The molecule has 0 spiro atoms. The van der Waals surface area contributed by atoms with E-state index >= 15 is 0 Å². The fraction of sp³-hybridized carbons (Fsp3) is 0.667. The minimum atomic E-state index is -0.0631. The van der Waals surface area contributed by atoms with Gasteiger partial charge in [0.2, 0.25) is 5.91 Å². The number of hydrogen-bond donors (Lipinski definition) is 1. The van der Waals surface area contributed by atoms with Crippen LogP contribution in [0.15, 0.2) is 12.2 Å². The molecule has 3 nitrogen and oxygen atoms in total. The molecule has 0 atom stereocenters. The molecule has 1 N–H and O–H groups in total. The summed E-state index contributed by atoms with van der Waals surface area (Å²) in [5.41, 5.74) is 0.559. The molecule has 4 heteroatoms. The summed E-state index contributed by atoms with van der Waals surface area (Å²) in [6.45, 7) is 6.77. The fourth-order valence-corrected chi connectivity index (χ4v) is 0.544. The summed E-state index contributed by atoms with van der Waals surface area (Å²) in [5.74, 6) is -0.0631. The maximum Gasteiger partial charge on any atom is 0.246 e. The van der Waals surface area contributed by atoms with Gasteiger partial charge in [0.15, 0.2) is 0 Å². The van der Waals surface area contributed by atoms with Crippen molar-refractivity contribution in [1.29, 1.82) is 0 Å². The molecule has 0 unspecified atom stereocenters. The molecule has 0 rings (SSSR count). The zero-order valence-electron chi connectivity index (χ0n) is 8.85. The van der Waals surface area contributed by atoms with Crippen LogP contribution in [0, 0.1) is 0 Å². The minimum Gasteiger partial charge on any atom is -0.351 e. The van der Waals surface area contributed by atoms with E-state index in [0.717, 1.165) is 6.54 Å². The van der Waals surface area contributed by atoms with Crippen LogP contribution in [0.5, 0.6) is 0 Å². The fourth-order valence-electron chi connectivity index (χ4n) is 0.544. The van der Waals surface area contributed by atoms with Gasteiger partial charge in [-0.25, -0.2) is 0 Å². The molecular formula is C9H19ClN2O. The first-order chi connectivity index (χ1) is 6.04. The van der Waals surface area contributed by atoms with Gasteiger partial charge in [0.05, 0.1) is 0 Å².